The Bertz CT molecular complexity index is 785. The van der Waals surface area contributed by atoms with Crippen LogP contribution in [0.4, 0.5) is 0 Å². The molecule has 0 saturated carbocycles. The lowest BCUT2D eigenvalue weighted by Gasteiger charge is -2.05. The van der Waals surface area contributed by atoms with Crippen LogP contribution >= 0.6 is 0 Å². The number of pyridine rings is 1. The monoisotopic (exact) mass is 250 g/mol. The van der Waals surface area contributed by atoms with E-state index in [1.165, 1.54) is 0 Å². The molecule has 2 aromatic heterocycles. The van der Waals surface area contributed by atoms with Crippen LogP contribution < -0.4 is 4.74 Å². The Morgan fingerprint density at radius 3 is 2.89 bits per heavy atom. The largest absolute Gasteiger partial charge is 0.436 e. The van der Waals surface area contributed by atoms with Crippen LogP contribution in [-0.2, 0) is 7.05 Å². The van der Waals surface area contributed by atoms with Crippen molar-refractivity contribution < 1.29 is 4.74 Å². The highest BCUT2D eigenvalue weighted by Gasteiger charge is 2.07. The molecular formula is C14H10N4O. The number of fused-ring (bicyclic) bond motifs is 1. The second kappa shape index (κ2) is 4.42. The first-order chi connectivity index (χ1) is 9.26. The lowest BCUT2D eigenvalue weighted by atomic mass is 10.1. The summed E-state index contributed by atoms with van der Waals surface area (Å²) >= 11 is 0. The van der Waals surface area contributed by atoms with Gasteiger partial charge in [-0.15, -0.1) is 0 Å². The van der Waals surface area contributed by atoms with Gasteiger partial charge in [-0.2, -0.15) is 10.4 Å². The van der Waals surface area contributed by atoms with Crippen molar-refractivity contribution in [3.63, 3.8) is 0 Å². The molecule has 92 valence electrons. The molecule has 0 bridgehead atoms. The number of ether oxygens (including phenoxy) is 1. The van der Waals surface area contributed by atoms with Gasteiger partial charge in [0.25, 0.3) is 0 Å². The molecule has 0 fully saturated rings. The van der Waals surface area contributed by atoms with Gasteiger partial charge in [-0.25, -0.2) is 4.98 Å². The Morgan fingerprint density at radius 1 is 1.32 bits per heavy atom. The second-order valence-corrected chi connectivity index (χ2v) is 4.09. The highest BCUT2D eigenvalue weighted by Crippen LogP contribution is 2.24. The minimum absolute atomic E-state index is 0.392. The highest BCUT2D eigenvalue weighted by atomic mass is 16.5. The van der Waals surface area contributed by atoms with Crippen molar-refractivity contribution in [3.8, 4) is 17.7 Å². The summed E-state index contributed by atoms with van der Waals surface area (Å²) in [5.74, 6) is 0.984. The Kier molecular flexibility index (Phi) is 2.62. The van der Waals surface area contributed by atoms with Gasteiger partial charge < -0.3 is 4.74 Å². The molecule has 3 aromatic rings. The van der Waals surface area contributed by atoms with Crippen LogP contribution in [0.25, 0.3) is 10.9 Å². The Labute approximate surface area is 109 Å². The van der Waals surface area contributed by atoms with Gasteiger partial charge in [0.05, 0.1) is 23.5 Å². The summed E-state index contributed by atoms with van der Waals surface area (Å²) < 4.78 is 7.24. The average Bonchev–Trinajstić information content (AvgIpc) is 2.83. The van der Waals surface area contributed by atoms with Gasteiger partial charge in [-0.05, 0) is 6.07 Å². The molecule has 19 heavy (non-hydrogen) atoms. The second-order valence-electron chi connectivity index (χ2n) is 4.09. The third kappa shape index (κ3) is 2.11. The molecule has 0 atom stereocenters. The molecule has 0 unspecified atom stereocenters. The smallest absolute Gasteiger partial charge is 0.221 e. The molecule has 1 aromatic carbocycles. The van der Waals surface area contributed by atoms with E-state index in [2.05, 4.69) is 16.2 Å². The fourth-order valence-corrected chi connectivity index (χ4v) is 1.87. The fourth-order valence-electron chi connectivity index (χ4n) is 1.87. The van der Waals surface area contributed by atoms with E-state index >= 15 is 0 Å². The standard InChI is InChI=1S/C14H10N4O/c1-18-9-11(8-16-18)19-14-6-10(7-15)12-4-2-3-5-13(12)17-14/h2-6,8-9H,1H3. The predicted octanol–water partition coefficient (Wildman–Crippen LogP) is 2.63. The normalized spacial score (nSPS) is 10.3. The molecule has 0 aliphatic heterocycles. The lowest BCUT2D eigenvalue weighted by molar-refractivity contribution is 0.464. The number of para-hydroxylation sites is 1. The maximum atomic E-state index is 9.18. The van der Waals surface area contributed by atoms with Crippen molar-refractivity contribution in [1.29, 1.82) is 5.26 Å². The minimum atomic E-state index is 0.392. The summed E-state index contributed by atoms with van der Waals surface area (Å²) in [4.78, 5) is 4.38. The Balaban J connectivity index is 2.07. The van der Waals surface area contributed by atoms with E-state index in [-0.39, 0.29) is 0 Å². The summed E-state index contributed by atoms with van der Waals surface area (Å²) in [5, 5.41) is 14.0. The first-order valence-electron chi connectivity index (χ1n) is 5.72. The topological polar surface area (TPSA) is 63.7 Å². The first-order valence-corrected chi connectivity index (χ1v) is 5.72. The van der Waals surface area contributed by atoms with E-state index in [1.54, 1.807) is 30.2 Å². The van der Waals surface area contributed by atoms with Crippen LogP contribution in [-0.4, -0.2) is 14.8 Å². The van der Waals surface area contributed by atoms with Gasteiger partial charge in [-0.3, -0.25) is 4.68 Å². The maximum absolute atomic E-state index is 9.18. The van der Waals surface area contributed by atoms with Crippen LogP contribution in [0.2, 0.25) is 0 Å². The van der Waals surface area contributed by atoms with E-state index < -0.39 is 0 Å². The van der Waals surface area contributed by atoms with Gasteiger partial charge in [0, 0.05) is 18.5 Å². The van der Waals surface area contributed by atoms with E-state index in [4.69, 9.17) is 4.74 Å². The zero-order valence-electron chi connectivity index (χ0n) is 10.2. The lowest BCUT2D eigenvalue weighted by Crippen LogP contribution is -1.91. The molecular weight excluding hydrogens is 240 g/mol. The SMILES string of the molecule is Cn1cc(Oc2cc(C#N)c3ccccc3n2)cn1. The summed E-state index contributed by atoms with van der Waals surface area (Å²) in [6.07, 6.45) is 3.34. The quantitative estimate of drug-likeness (QED) is 0.701. The molecule has 0 spiro atoms. The molecule has 0 N–H and O–H groups in total. The van der Waals surface area contributed by atoms with E-state index in [1.807, 2.05) is 24.3 Å². The van der Waals surface area contributed by atoms with E-state index in [0.29, 0.717) is 17.2 Å². The molecule has 3 rings (SSSR count). The third-order valence-corrected chi connectivity index (χ3v) is 2.72. The average molecular weight is 250 g/mol. The molecule has 0 radical (unpaired) electrons. The van der Waals surface area contributed by atoms with Crippen molar-refractivity contribution in [2.24, 2.45) is 7.05 Å². The summed E-state index contributed by atoms with van der Waals surface area (Å²) in [5.41, 5.74) is 1.28. The van der Waals surface area contributed by atoms with Gasteiger partial charge in [0.15, 0.2) is 5.75 Å². The predicted molar refractivity (Wildman–Crippen MR) is 69.7 cm³/mol. The van der Waals surface area contributed by atoms with Gasteiger partial charge in [-0.1, -0.05) is 18.2 Å². The van der Waals surface area contributed by atoms with Gasteiger partial charge >= 0.3 is 0 Å². The van der Waals surface area contributed by atoms with Crippen LogP contribution in [0.15, 0.2) is 42.7 Å². The van der Waals surface area contributed by atoms with Crippen LogP contribution in [0.1, 0.15) is 5.56 Å². The molecule has 0 saturated heterocycles. The minimum Gasteiger partial charge on any atom is -0.436 e. The van der Waals surface area contributed by atoms with Crippen LogP contribution in [0.3, 0.4) is 0 Å². The number of aryl methyl sites for hydroxylation is 1. The maximum Gasteiger partial charge on any atom is 0.221 e. The summed E-state index contributed by atoms with van der Waals surface area (Å²) in [7, 11) is 1.81. The van der Waals surface area contributed by atoms with Crippen LogP contribution in [0.5, 0.6) is 11.6 Å². The Morgan fingerprint density at radius 2 is 2.16 bits per heavy atom. The van der Waals surface area contributed by atoms with E-state index in [0.717, 1.165) is 10.9 Å². The number of nitrogens with zero attached hydrogens (tertiary/aromatic N) is 4. The molecule has 5 heteroatoms. The van der Waals surface area contributed by atoms with Crippen molar-refractivity contribution in [2.75, 3.05) is 0 Å². The molecule has 5 nitrogen and oxygen atoms in total. The van der Waals surface area contributed by atoms with Crippen molar-refractivity contribution in [3.05, 3.63) is 48.3 Å². The van der Waals surface area contributed by atoms with Crippen molar-refractivity contribution in [2.45, 2.75) is 0 Å². The summed E-state index contributed by atoms with van der Waals surface area (Å²) in [6, 6.07) is 11.3. The highest BCUT2D eigenvalue weighted by molar-refractivity contribution is 5.85. The van der Waals surface area contributed by atoms with Crippen LogP contribution in [0, 0.1) is 11.3 Å². The molecule has 2 heterocycles. The van der Waals surface area contributed by atoms with Gasteiger partial charge in [0.2, 0.25) is 5.88 Å². The number of aromatic nitrogens is 3. The first kappa shape index (κ1) is 11.2. The summed E-state index contributed by atoms with van der Waals surface area (Å²) in [6.45, 7) is 0. The molecule has 0 aliphatic carbocycles. The number of hydrogen-bond acceptors (Lipinski definition) is 4. The van der Waals surface area contributed by atoms with Crippen molar-refractivity contribution in [1.82, 2.24) is 14.8 Å². The zero-order chi connectivity index (χ0) is 13.2. The number of rotatable bonds is 2. The fraction of sp³-hybridized carbons (Fsp3) is 0.0714. The molecule has 0 amide bonds. The number of hydrogen-bond donors (Lipinski definition) is 0. The number of nitriles is 1. The number of benzene rings is 1. The van der Waals surface area contributed by atoms with E-state index in [9.17, 15) is 5.26 Å². The van der Waals surface area contributed by atoms with Crippen molar-refractivity contribution >= 4 is 10.9 Å². The van der Waals surface area contributed by atoms with Gasteiger partial charge in [0.1, 0.15) is 6.07 Å². The third-order valence-electron chi connectivity index (χ3n) is 2.72. The Hall–Kier alpha value is -2.87. The zero-order valence-corrected chi connectivity index (χ0v) is 10.2. The molecule has 0 aliphatic rings.